The predicted octanol–water partition coefficient (Wildman–Crippen LogP) is 3.57. The average molecular weight is 342 g/mol. The van der Waals surface area contributed by atoms with Gasteiger partial charge < -0.3 is 20.3 Å². The van der Waals surface area contributed by atoms with Crippen LogP contribution in [0.4, 0.5) is 0 Å². The van der Waals surface area contributed by atoms with Crippen LogP contribution < -0.4 is 15.2 Å². The van der Waals surface area contributed by atoms with Crippen molar-refractivity contribution in [2.75, 3.05) is 13.7 Å². The number of rotatable bonds is 6. The largest absolute Gasteiger partial charge is 0.496 e. The van der Waals surface area contributed by atoms with Crippen molar-refractivity contribution in [1.82, 2.24) is 0 Å². The van der Waals surface area contributed by atoms with E-state index >= 15 is 0 Å². The van der Waals surface area contributed by atoms with Crippen molar-refractivity contribution in [3.8, 4) is 11.5 Å². The van der Waals surface area contributed by atoms with E-state index in [1.54, 1.807) is 31.4 Å². The summed E-state index contributed by atoms with van der Waals surface area (Å²) in [5.41, 5.74) is 7.46. The van der Waals surface area contributed by atoms with E-state index in [2.05, 4.69) is 0 Å². The predicted molar refractivity (Wildman–Crippen MR) is 87.8 cm³/mol. The molecular weight excluding hydrogens is 325 g/mol. The monoisotopic (exact) mass is 341 g/mol. The van der Waals surface area contributed by atoms with E-state index < -0.39 is 6.04 Å². The van der Waals surface area contributed by atoms with Gasteiger partial charge in [0.05, 0.1) is 24.8 Å². The summed E-state index contributed by atoms with van der Waals surface area (Å²) in [5.74, 6) is 1.21. The number of benzene rings is 2. The summed E-state index contributed by atoms with van der Waals surface area (Å²) < 4.78 is 11.0. The number of halogens is 2. The van der Waals surface area contributed by atoms with Gasteiger partial charge in [0.1, 0.15) is 18.1 Å². The van der Waals surface area contributed by atoms with E-state index in [4.69, 9.17) is 43.5 Å². The zero-order valence-corrected chi connectivity index (χ0v) is 13.6. The molecule has 0 fully saturated rings. The van der Waals surface area contributed by atoms with Crippen LogP contribution in [0.2, 0.25) is 10.0 Å². The molecular formula is C16H17Cl2NO3. The van der Waals surface area contributed by atoms with Gasteiger partial charge in [0.25, 0.3) is 0 Å². The van der Waals surface area contributed by atoms with Crippen LogP contribution >= 0.6 is 23.2 Å². The molecule has 0 unspecified atom stereocenters. The zero-order chi connectivity index (χ0) is 16.1. The highest BCUT2D eigenvalue weighted by atomic mass is 35.5. The Morgan fingerprint density at radius 1 is 1.14 bits per heavy atom. The molecule has 0 amide bonds. The topological polar surface area (TPSA) is 64.7 Å². The average Bonchev–Trinajstić information content (AvgIpc) is 2.53. The first-order valence-corrected chi connectivity index (χ1v) is 7.42. The third kappa shape index (κ3) is 4.05. The van der Waals surface area contributed by atoms with Gasteiger partial charge in [-0.3, -0.25) is 0 Å². The van der Waals surface area contributed by atoms with Crippen LogP contribution in [0.15, 0.2) is 36.4 Å². The van der Waals surface area contributed by atoms with Crippen LogP contribution in [0.1, 0.15) is 17.2 Å². The minimum atomic E-state index is -0.441. The Kier molecular flexibility index (Phi) is 5.91. The minimum absolute atomic E-state index is 0.129. The second-order valence-electron chi connectivity index (χ2n) is 4.72. The van der Waals surface area contributed by atoms with Gasteiger partial charge in [-0.15, -0.1) is 0 Å². The highest BCUT2D eigenvalue weighted by Gasteiger charge is 2.11. The van der Waals surface area contributed by atoms with Gasteiger partial charge in [-0.05, 0) is 35.9 Å². The Morgan fingerprint density at radius 2 is 1.86 bits per heavy atom. The number of hydrogen-bond acceptors (Lipinski definition) is 4. The SMILES string of the molecule is COc1ccc([C@H](N)CO)cc1COc1ccc(Cl)cc1Cl. The third-order valence-corrected chi connectivity index (χ3v) is 3.74. The standard InChI is InChI=1S/C16H17Cl2NO3/c1-21-15-4-2-10(14(19)8-20)6-11(15)9-22-16-5-3-12(17)7-13(16)18/h2-7,14,20H,8-9,19H2,1H3/t14-/m1/s1. The molecule has 0 aliphatic heterocycles. The molecule has 2 aromatic carbocycles. The van der Waals surface area contributed by atoms with Crippen LogP contribution in [-0.2, 0) is 6.61 Å². The molecule has 0 bridgehead atoms. The van der Waals surface area contributed by atoms with Crippen molar-refractivity contribution < 1.29 is 14.6 Å². The number of nitrogens with two attached hydrogens (primary N) is 1. The van der Waals surface area contributed by atoms with Gasteiger partial charge in [-0.25, -0.2) is 0 Å². The van der Waals surface area contributed by atoms with Crippen molar-refractivity contribution in [1.29, 1.82) is 0 Å². The molecule has 2 aromatic rings. The Bertz CT molecular complexity index is 649. The number of methoxy groups -OCH3 is 1. The molecule has 0 aliphatic rings. The van der Waals surface area contributed by atoms with E-state index in [0.29, 0.717) is 21.5 Å². The van der Waals surface area contributed by atoms with E-state index in [1.807, 2.05) is 12.1 Å². The van der Waals surface area contributed by atoms with Gasteiger partial charge in [0, 0.05) is 10.6 Å². The van der Waals surface area contributed by atoms with Gasteiger partial charge in [0.15, 0.2) is 0 Å². The highest BCUT2D eigenvalue weighted by molar-refractivity contribution is 6.35. The molecule has 2 rings (SSSR count). The first-order chi connectivity index (χ1) is 10.5. The highest BCUT2D eigenvalue weighted by Crippen LogP contribution is 2.30. The van der Waals surface area contributed by atoms with Gasteiger partial charge in [-0.2, -0.15) is 0 Å². The number of ether oxygens (including phenoxy) is 2. The van der Waals surface area contributed by atoms with E-state index in [9.17, 15) is 0 Å². The van der Waals surface area contributed by atoms with E-state index in [0.717, 1.165) is 11.1 Å². The summed E-state index contributed by atoms with van der Waals surface area (Å²) in [6.07, 6.45) is 0. The lowest BCUT2D eigenvalue weighted by Crippen LogP contribution is -2.15. The molecule has 0 radical (unpaired) electrons. The lowest BCUT2D eigenvalue weighted by atomic mass is 10.0. The molecule has 118 valence electrons. The fraction of sp³-hybridized carbons (Fsp3) is 0.250. The summed E-state index contributed by atoms with van der Waals surface area (Å²) in [7, 11) is 1.58. The molecule has 0 aliphatic carbocycles. The Hall–Kier alpha value is -1.46. The molecule has 22 heavy (non-hydrogen) atoms. The molecule has 1 atom stereocenters. The smallest absolute Gasteiger partial charge is 0.138 e. The van der Waals surface area contributed by atoms with Crippen molar-refractivity contribution >= 4 is 23.2 Å². The van der Waals surface area contributed by atoms with Gasteiger partial charge >= 0.3 is 0 Å². The van der Waals surface area contributed by atoms with Gasteiger partial charge in [-0.1, -0.05) is 29.3 Å². The molecule has 3 N–H and O–H groups in total. The van der Waals surface area contributed by atoms with Crippen molar-refractivity contribution in [2.24, 2.45) is 5.73 Å². The fourth-order valence-electron chi connectivity index (χ4n) is 2.00. The summed E-state index contributed by atoms with van der Waals surface area (Å²) in [4.78, 5) is 0. The zero-order valence-electron chi connectivity index (χ0n) is 12.1. The van der Waals surface area contributed by atoms with Crippen LogP contribution in [0.3, 0.4) is 0 Å². The molecule has 0 spiro atoms. The maximum absolute atomic E-state index is 9.16. The van der Waals surface area contributed by atoms with Crippen molar-refractivity contribution in [2.45, 2.75) is 12.6 Å². The lowest BCUT2D eigenvalue weighted by Gasteiger charge is -2.15. The summed E-state index contributed by atoms with van der Waals surface area (Å²) >= 11 is 11.9. The Morgan fingerprint density at radius 3 is 2.50 bits per heavy atom. The van der Waals surface area contributed by atoms with E-state index in [-0.39, 0.29) is 13.2 Å². The summed E-state index contributed by atoms with van der Waals surface area (Å²) in [5, 5.41) is 10.1. The number of aliphatic hydroxyl groups excluding tert-OH is 1. The number of aliphatic hydroxyl groups is 1. The quantitative estimate of drug-likeness (QED) is 0.842. The Balaban J connectivity index is 2.20. The normalized spacial score (nSPS) is 12.0. The van der Waals surface area contributed by atoms with Crippen LogP contribution in [-0.4, -0.2) is 18.8 Å². The second kappa shape index (κ2) is 7.70. The summed E-state index contributed by atoms with van der Waals surface area (Å²) in [6, 6.07) is 10.1. The second-order valence-corrected chi connectivity index (χ2v) is 5.57. The lowest BCUT2D eigenvalue weighted by molar-refractivity contribution is 0.267. The fourth-order valence-corrected chi connectivity index (χ4v) is 2.46. The van der Waals surface area contributed by atoms with Crippen LogP contribution in [0, 0.1) is 0 Å². The molecule has 0 heterocycles. The maximum Gasteiger partial charge on any atom is 0.138 e. The number of hydrogen-bond donors (Lipinski definition) is 2. The molecule has 6 heteroatoms. The van der Waals surface area contributed by atoms with Gasteiger partial charge in [0.2, 0.25) is 0 Å². The molecule has 0 saturated carbocycles. The first-order valence-electron chi connectivity index (χ1n) is 6.66. The van der Waals surface area contributed by atoms with Crippen LogP contribution in [0.5, 0.6) is 11.5 Å². The van der Waals surface area contributed by atoms with Crippen molar-refractivity contribution in [3.05, 3.63) is 57.6 Å². The van der Waals surface area contributed by atoms with Crippen molar-refractivity contribution in [3.63, 3.8) is 0 Å². The van der Waals surface area contributed by atoms with Crippen LogP contribution in [0.25, 0.3) is 0 Å². The summed E-state index contributed by atoms with van der Waals surface area (Å²) in [6.45, 7) is 0.131. The molecule has 4 nitrogen and oxygen atoms in total. The minimum Gasteiger partial charge on any atom is -0.496 e. The molecule has 0 aromatic heterocycles. The first kappa shape index (κ1) is 16.9. The third-order valence-electron chi connectivity index (χ3n) is 3.21. The van der Waals surface area contributed by atoms with E-state index in [1.165, 1.54) is 0 Å². The Labute approximate surface area is 139 Å². The maximum atomic E-state index is 9.16. The molecule has 0 saturated heterocycles.